The van der Waals surface area contributed by atoms with Gasteiger partial charge in [-0.05, 0) is 85.3 Å². The van der Waals surface area contributed by atoms with Crippen LogP contribution in [-0.2, 0) is 20.0 Å². The Morgan fingerprint density at radius 1 is 0.625 bits per heavy atom. The average molecular weight is 481 g/mol. The predicted octanol–water partition coefficient (Wildman–Crippen LogP) is 4.70. The highest BCUT2D eigenvalue weighted by Crippen LogP contribution is 2.19. The minimum absolute atomic E-state index is 0.102. The molecule has 0 bridgehead atoms. The fourth-order valence-electron chi connectivity index (χ4n) is 2.54. The van der Waals surface area contributed by atoms with E-state index < -0.39 is 20.0 Å². The molecule has 12 nitrogen and oxygen atoms in total. The molecule has 0 heterocycles. The number of sulfonamides is 2. The van der Waals surface area contributed by atoms with Crippen LogP contribution >= 0.6 is 0 Å². The van der Waals surface area contributed by atoms with Crippen molar-refractivity contribution in [3.05, 3.63) is 69.4 Å². The molecule has 0 radical (unpaired) electrons. The van der Waals surface area contributed by atoms with Gasteiger partial charge in [-0.1, -0.05) is 0 Å². The van der Waals surface area contributed by atoms with Gasteiger partial charge in [-0.2, -0.15) is 0 Å². The van der Waals surface area contributed by atoms with Crippen molar-refractivity contribution in [1.82, 2.24) is 0 Å². The Labute approximate surface area is 185 Å². The summed E-state index contributed by atoms with van der Waals surface area (Å²) in [6.07, 6.45) is 3.39. The lowest BCUT2D eigenvalue weighted by atomic mass is 10.2. The van der Waals surface area contributed by atoms with E-state index in [0.29, 0.717) is 24.7 Å². The summed E-state index contributed by atoms with van der Waals surface area (Å²) in [4.78, 5) is 4.38. The molecule has 0 saturated carbocycles. The van der Waals surface area contributed by atoms with Gasteiger partial charge in [0.1, 0.15) is 11.5 Å². The van der Waals surface area contributed by atoms with Crippen molar-refractivity contribution in [2.24, 2.45) is 9.04 Å². The topological polar surface area (TPSA) is 184 Å². The molecule has 2 rings (SSSR count). The summed E-state index contributed by atoms with van der Waals surface area (Å²) in [6, 6.07) is 11.2. The van der Waals surface area contributed by atoms with Crippen LogP contribution in [0.1, 0.15) is 25.7 Å². The largest absolute Gasteiger partial charge is 0.494 e. The second kappa shape index (κ2) is 11.8. The molecule has 32 heavy (non-hydrogen) atoms. The molecule has 0 saturated heterocycles. The van der Waals surface area contributed by atoms with Gasteiger partial charge in [-0.3, -0.25) is 0 Å². The zero-order chi connectivity index (χ0) is 23.5. The summed E-state index contributed by atoms with van der Waals surface area (Å²) < 4.78 is 63.0. The highest BCUT2D eigenvalue weighted by molar-refractivity contribution is 7.90. The van der Waals surface area contributed by atoms with Crippen LogP contribution in [0.3, 0.4) is 0 Å². The number of hydrogen-bond acceptors (Lipinski definition) is 6. The number of rotatable bonds is 13. The fraction of sp³-hybridized carbons (Fsp3) is 0.333. The molecule has 2 aromatic rings. The molecule has 0 aliphatic carbocycles. The Kier molecular flexibility index (Phi) is 9.17. The zero-order valence-corrected chi connectivity index (χ0v) is 18.4. The minimum Gasteiger partial charge on any atom is -0.494 e. The molecule has 0 aliphatic heterocycles. The summed E-state index contributed by atoms with van der Waals surface area (Å²) in [7, 11) is -8.00. The molecule has 14 heteroatoms. The maximum Gasteiger partial charge on any atom is 0.264 e. The first-order valence-electron chi connectivity index (χ1n) is 9.37. The van der Waals surface area contributed by atoms with Crippen LogP contribution in [0.5, 0.6) is 11.5 Å². The SMILES string of the molecule is [N-]=[N+]=NS(=O)(=O)c1ccc(OCCCCCCOc2ccc(S(=O)(=O)N=[N+]=[N-])cc2)cc1. The lowest BCUT2D eigenvalue weighted by Crippen LogP contribution is -2.01. The number of ether oxygens (including phenoxy) is 2. The van der Waals surface area contributed by atoms with Gasteiger partial charge in [0.15, 0.2) is 0 Å². The first-order chi connectivity index (χ1) is 15.3. The van der Waals surface area contributed by atoms with Crippen molar-refractivity contribution >= 4 is 20.0 Å². The van der Waals surface area contributed by atoms with Gasteiger partial charge in [0, 0.05) is 18.9 Å². The standard InChI is InChI=1S/C18H20N6O6S2/c19-21-23-31(25,26)17-9-5-15(6-10-17)29-13-3-1-2-4-14-30-16-7-11-18(12-8-16)32(27,28)24-22-20/h5-12H,1-4,13-14H2. The molecule has 170 valence electrons. The minimum atomic E-state index is -4.00. The van der Waals surface area contributed by atoms with E-state index in [9.17, 15) is 16.8 Å². The molecule has 2 aromatic carbocycles. The van der Waals surface area contributed by atoms with Crippen LogP contribution in [0.15, 0.2) is 67.4 Å². The summed E-state index contributed by atoms with van der Waals surface area (Å²) in [5, 5.41) is 0. The Morgan fingerprint density at radius 2 is 0.969 bits per heavy atom. The summed E-state index contributed by atoms with van der Waals surface area (Å²) in [5.41, 5.74) is 16.5. The van der Waals surface area contributed by atoms with Crippen LogP contribution in [0.4, 0.5) is 0 Å². The summed E-state index contributed by atoms with van der Waals surface area (Å²) >= 11 is 0. The molecule has 0 fully saturated rings. The van der Waals surface area contributed by atoms with E-state index in [1.807, 2.05) is 0 Å². The molecular formula is C18H20N6O6S2. The first kappa shape index (κ1) is 24.8. The van der Waals surface area contributed by atoms with E-state index in [0.717, 1.165) is 25.7 Å². The Morgan fingerprint density at radius 3 is 1.28 bits per heavy atom. The van der Waals surface area contributed by atoms with E-state index in [2.05, 4.69) is 18.9 Å². The number of nitrogens with zero attached hydrogens (tertiary/aromatic N) is 6. The second-order valence-electron chi connectivity index (χ2n) is 6.35. The lowest BCUT2D eigenvalue weighted by Gasteiger charge is -2.08. The van der Waals surface area contributed by atoms with Crippen LogP contribution in [0, 0.1) is 0 Å². The molecule has 0 N–H and O–H groups in total. The highest BCUT2D eigenvalue weighted by Gasteiger charge is 2.12. The first-order valence-corrected chi connectivity index (χ1v) is 12.2. The van der Waals surface area contributed by atoms with Gasteiger partial charge in [-0.25, -0.2) is 16.8 Å². The Balaban J connectivity index is 1.63. The van der Waals surface area contributed by atoms with E-state index >= 15 is 0 Å². The van der Waals surface area contributed by atoms with Crippen molar-refractivity contribution in [1.29, 1.82) is 0 Å². The molecule has 0 aliphatic rings. The van der Waals surface area contributed by atoms with Gasteiger partial charge in [0.05, 0.1) is 23.0 Å². The molecular weight excluding hydrogens is 460 g/mol. The van der Waals surface area contributed by atoms with Gasteiger partial charge in [-0.15, -0.1) is 0 Å². The monoisotopic (exact) mass is 480 g/mol. The van der Waals surface area contributed by atoms with E-state index in [4.69, 9.17) is 20.5 Å². The molecule has 0 aromatic heterocycles. The van der Waals surface area contributed by atoms with Crippen molar-refractivity contribution in [3.63, 3.8) is 0 Å². The molecule has 0 amide bonds. The average Bonchev–Trinajstić information content (AvgIpc) is 2.76. The van der Waals surface area contributed by atoms with Crippen molar-refractivity contribution in [3.8, 4) is 11.5 Å². The maximum absolute atomic E-state index is 11.6. The zero-order valence-electron chi connectivity index (χ0n) is 16.8. The molecule has 0 atom stereocenters. The third-order valence-corrected chi connectivity index (χ3v) is 6.42. The number of azide groups is 2. The van der Waals surface area contributed by atoms with Crippen LogP contribution in [0.2, 0.25) is 0 Å². The Hall–Kier alpha value is -3.44. The van der Waals surface area contributed by atoms with Gasteiger partial charge < -0.3 is 9.47 Å². The maximum atomic E-state index is 11.6. The lowest BCUT2D eigenvalue weighted by molar-refractivity contribution is 0.287. The van der Waals surface area contributed by atoms with Gasteiger partial charge in [0.25, 0.3) is 20.0 Å². The smallest absolute Gasteiger partial charge is 0.264 e. The third-order valence-electron chi connectivity index (χ3n) is 4.11. The summed E-state index contributed by atoms with van der Waals surface area (Å²) in [6.45, 7) is 0.925. The van der Waals surface area contributed by atoms with Crippen LogP contribution < -0.4 is 9.47 Å². The predicted molar refractivity (Wildman–Crippen MR) is 115 cm³/mol. The van der Waals surface area contributed by atoms with Gasteiger partial charge >= 0.3 is 0 Å². The number of unbranched alkanes of at least 4 members (excludes halogenated alkanes) is 3. The van der Waals surface area contributed by atoms with Gasteiger partial charge in [0.2, 0.25) is 0 Å². The highest BCUT2D eigenvalue weighted by atomic mass is 32.2. The second-order valence-corrected chi connectivity index (χ2v) is 9.52. The van der Waals surface area contributed by atoms with E-state index in [-0.39, 0.29) is 9.79 Å². The van der Waals surface area contributed by atoms with Crippen molar-refractivity contribution in [2.75, 3.05) is 13.2 Å². The Bertz CT molecular complexity index is 1100. The van der Waals surface area contributed by atoms with Crippen molar-refractivity contribution in [2.45, 2.75) is 35.5 Å². The third kappa shape index (κ3) is 7.67. The quantitative estimate of drug-likeness (QED) is 0.173. The summed E-state index contributed by atoms with van der Waals surface area (Å²) in [5.74, 6) is 1.03. The molecule has 0 spiro atoms. The van der Waals surface area contributed by atoms with Crippen molar-refractivity contribution < 1.29 is 26.3 Å². The number of hydrogen-bond donors (Lipinski definition) is 0. The fourth-order valence-corrected chi connectivity index (χ4v) is 3.88. The normalized spacial score (nSPS) is 11.1. The number of benzene rings is 2. The van der Waals surface area contributed by atoms with E-state index in [1.165, 1.54) is 48.5 Å². The van der Waals surface area contributed by atoms with Crippen LogP contribution in [0.25, 0.3) is 20.9 Å². The molecule has 0 unspecified atom stereocenters. The van der Waals surface area contributed by atoms with E-state index in [1.54, 1.807) is 0 Å². The van der Waals surface area contributed by atoms with Crippen LogP contribution in [-0.4, -0.2) is 30.0 Å².